The van der Waals surface area contributed by atoms with E-state index in [1.165, 1.54) is 34.9 Å². The van der Waals surface area contributed by atoms with Crippen molar-refractivity contribution >= 4 is 23.4 Å². The molecule has 156 valence electrons. The number of hydrogen-bond donors (Lipinski definition) is 1. The van der Waals surface area contributed by atoms with Crippen LogP contribution in [0, 0.1) is 17.5 Å². The molecule has 4 rings (SSSR count). The third-order valence-electron chi connectivity index (χ3n) is 4.28. The van der Waals surface area contributed by atoms with Gasteiger partial charge in [-0.1, -0.05) is 42.1 Å². The summed E-state index contributed by atoms with van der Waals surface area (Å²) in [6.45, 7) is 0. The second kappa shape index (κ2) is 9.05. The van der Waals surface area contributed by atoms with Gasteiger partial charge in [-0.25, -0.2) is 13.2 Å². The monoisotopic (exact) mass is 440 g/mol. The highest BCUT2D eigenvalue weighted by Crippen LogP contribution is 2.29. The average molecular weight is 440 g/mol. The van der Waals surface area contributed by atoms with Crippen LogP contribution in [0.3, 0.4) is 0 Å². The van der Waals surface area contributed by atoms with Crippen molar-refractivity contribution in [2.75, 3.05) is 11.1 Å². The average Bonchev–Trinajstić information content (AvgIpc) is 3.18. The molecule has 0 saturated heterocycles. The zero-order valence-corrected chi connectivity index (χ0v) is 16.7. The Balaban J connectivity index is 1.62. The number of nitrogens with one attached hydrogen (secondary N) is 1. The minimum Gasteiger partial charge on any atom is -0.325 e. The third-order valence-corrected chi connectivity index (χ3v) is 5.21. The van der Waals surface area contributed by atoms with E-state index in [1.54, 1.807) is 24.3 Å². The molecule has 1 N–H and O–H groups in total. The van der Waals surface area contributed by atoms with Crippen LogP contribution < -0.4 is 5.32 Å². The highest BCUT2D eigenvalue weighted by atomic mass is 32.2. The van der Waals surface area contributed by atoms with Gasteiger partial charge in [-0.2, -0.15) is 0 Å². The maximum atomic E-state index is 14.6. The van der Waals surface area contributed by atoms with Crippen LogP contribution >= 0.6 is 11.8 Å². The lowest BCUT2D eigenvalue weighted by molar-refractivity contribution is -0.113. The van der Waals surface area contributed by atoms with Crippen molar-refractivity contribution < 1.29 is 18.0 Å². The second-order valence-electron chi connectivity index (χ2n) is 6.45. The van der Waals surface area contributed by atoms with Gasteiger partial charge in [0.2, 0.25) is 5.91 Å². The fraction of sp³-hybridized carbons (Fsp3) is 0.0455. The molecular weight excluding hydrogens is 425 g/mol. The first kappa shape index (κ1) is 20.7. The lowest BCUT2D eigenvalue weighted by Crippen LogP contribution is -2.14. The minimum atomic E-state index is -0.783. The number of rotatable bonds is 6. The van der Waals surface area contributed by atoms with Crippen LogP contribution in [0.2, 0.25) is 0 Å². The number of carbonyl (C=O) groups excluding carboxylic acids is 1. The van der Waals surface area contributed by atoms with E-state index in [0.29, 0.717) is 17.1 Å². The molecular formula is C22H15F3N4OS. The number of anilines is 1. The van der Waals surface area contributed by atoms with E-state index < -0.39 is 17.5 Å². The predicted molar refractivity (Wildman–Crippen MR) is 112 cm³/mol. The van der Waals surface area contributed by atoms with Gasteiger partial charge in [0, 0.05) is 17.3 Å². The molecule has 31 heavy (non-hydrogen) atoms. The van der Waals surface area contributed by atoms with Crippen molar-refractivity contribution in [3.05, 3.63) is 90.2 Å². The Kier molecular flexibility index (Phi) is 6.03. The molecule has 1 heterocycles. The molecule has 0 fully saturated rings. The van der Waals surface area contributed by atoms with Gasteiger partial charge in [-0.05, 0) is 36.4 Å². The number of benzene rings is 3. The number of halogens is 3. The molecule has 0 bridgehead atoms. The third kappa shape index (κ3) is 4.77. The van der Waals surface area contributed by atoms with Gasteiger partial charge in [0.25, 0.3) is 0 Å². The molecule has 3 aromatic carbocycles. The molecule has 0 radical (unpaired) electrons. The Morgan fingerprint density at radius 2 is 1.61 bits per heavy atom. The van der Waals surface area contributed by atoms with Crippen LogP contribution in [0.5, 0.6) is 0 Å². The van der Waals surface area contributed by atoms with E-state index in [4.69, 9.17) is 0 Å². The summed E-state index contributed by atoms with van der Waals surface area (Å²) in [7, 11) is 0. The predicted octanol–water partition coefficient (Wildman–Crippen LogP) is 5.08. The first-order valence-electron chi connectivity index (χ1n) is 9.16. The van der Waals surface area contributed by atoms with Gasteiger partial charge >= 0.3 is 0 Å². The first-order valence-corrected chi connectivity index (χ1v) is 10.1. The summed E-state index contributed by atoms with van der Waals surface area (Å²) in [5.41, 5.74) is 1.19. The Morgan fingerprint density at radius 3 is 2.32 bits per heavy atom. The highest BCUT2D eigenvalue weighted by Gasteiger charge is 2.20. The summed E-state index contributed by atoms with van der Waals surface area (Å²) in [4.78, 5) is 12.3. The Bertz CT molecular complexity index is 1210. The summed E-state index contributed by atoms with van der Waals surface area (Å²) in [5.74, 6) is -1.94. The van der Waals surface area contributed by atoms with Crippen molar-refractivity contribution in [3.63, 3.8) is 0 Å². The molecule has 9 heteroatoms. The van der Waals surface area contributed by atoms with Crippen LogP contribution in [-0.4, -0.2) is 26.4 Å². The van der Waals surface area contributed by atoms with Gasteiger partial charge in [0.05, 0.1) is 11.4 Å². The van der Waals surface area contributed by atoms with E-state index in [0.717, 1.165) is 23.9 Å². The van der Waals surface area contributed by atoms with E-state index >= 15 is 0 Å². The molecule has 0 aliphatic carbocycles. The molecule has 0 aliphatic heterocycles. The largest absolute Gasteiger partial charge is 0.325 e. The number of nitrogens with zero attached hydrogens (tertiary/aromatic N) is 3. The Morgan fingerprint density at radius 1 is 0.903 bits per heavy atom. The van der Waals surface area contributed by atoms with Crippen LogP contribution in [0.25, 0.3) is 17.1 Å². The number of aromatic nitrogens is 3. The van der Waals surface area contributed by atoms with E-state index in [2.05, 4.69) is 15.5 Å². The van der Waals surface area contributed by atoms with Crippen LogP contribution in [0.4, 0.5) is 18.9 Å². The fourth-order valence-corrected chi connectivity index (χ4v) is 3.62. The molecule has 0 unspecified atom stereocenters. The standard InChI is InChI=1S/C22H15F3N4OS/c23-15-6-9-17(10-7-15)26-20(30)13-31-22-28-27-21(14-4-2-1-3-5-14)29(22)19-11-8-16(24)12-18(19)25/h1-12H,13H2,(H,26,30). The summed E-state index contributed by atoms with van der Waals surface area (Å²) in [5, 5.41) is 11.2. The summed E-state index contributed by atoms with van der Waals surface area (Å²) in [6.07, 6.45) is 0. The summed E-state index contributed by atoms with van der Waals surface area (Å²) in [6, 6.07) is 17.6. The van der Waals surface area contributed by atoms with Gasteiger partial charge in [-0.15, -0.1) is 10.2 Å². The van der Waals surface area contributed by atoms with E-state index in [1.807, 2.05) is 6.07 Å². The SMILES string of the molecule is O=C(CSc1nnc(-c2ccccc2)n1-c1ccc(F)cc1F)Nc1ccc(F)cc1. The van der Waals surface area contributed by atoms with E-state index in [9.17, 15) is 18.0 Å². The van der Waals surface area contributed by atoms with Crippen molar-refractivity contribution in [1.82, 2.24) is 14.8 Å². The van der Waals surface area contributed by atoms with Crippen LogP contribution in [-0.2, 0) is 4.79 Å². The molecule has 0 atom stereocenters. The zero-order chi connectivity index (χ0) is 21.8. The minimum absolute atomic E-state index is 0.0485. The number of thioether (sulfide) groups is 1. The molecule has 0 spiro atoms. The zero-order valence-electron chi connectivity index (χ0n) is 15.9. The molecule has 0 saturated carbocycles. The maximum absolute atomic E-state index is 14.6. The Hall–Kier alpha value is -3.59. The van der Waals surface area contributed by atoms with Gasteiger partial charge in [0.1, 0.15) is 17.5 Å². The summed E-state index contributed by atoms with van der Waals surface area (Å²) < 4.78 is 42.5. The smallest absolute Gasteiger partial charge is 0.234 e. The lowest BCUT2D eigenvalue weighted by atomic mass is 10.2. The lowest BCUT2D eigenvalue weighted by Gasteiger charge is -2.11. The van der Waals surface area contributed by atoms with Crippen molar-refractivity contribution in [1.29, 1.82) is 0 Å². The molecule has 5 nitrogen and oxygen atoms in total. The Labute approximate surface area is 179 Å². The van der Waals surface area contributed by atoms with Crippen molar-refractivity contribution in [2.24, 2.45) is 0 Å². The molecule has 4 aromatic rings. The summed E-state index contributed by atoms with van der Waals surface area (Å²) >= 11 is 1.04. The number of amides is 1. The normalized spacial score (nSPS) is 10.8. The topological polar surface area (TPSA) is 59.8 Å². The van der Waals surface area contributed by atoms with Crippen molar-refractivity contribution in [2.45, 2.75) is 5.16 Å². The van der Waals surface area contributed by atoms with Crippen LogP contribution in [0.1, 0.15) is 0 Å². The number of hydrogen-bond acceptors (Lipinski definition) is 4. The van der Waals surface area contributed by atoms with Crippen molar-refractivity contribution in [3.8, 4) is 17.1 Å². The molecule has 0 aliphatic rings. The molecule has 1 amide bonds. The van der Waals surface area contributed by atoms with E-state index in [-0.39, 0.29) is 22.5 Å². The highest BCUT2D eigenvalue weighted by molar-refractivity contribution is 7.99. The fourth-order valence-electron chi connectivity index (χ4n) is 2.88. The maximum Gasteiger partial charge on any atom is 0.234 e. The quantitative estimate of drug-likeness (QED) is 0.425. The first-order chi connectivity index (χ1) is 15.0. The second-order valence-corrected chi connectivity index (χ2v) is 7.39. The van der Waals surface area contributed by atoms with Gasteiger partial charge in [0.15, 0.2) is 11.0 Å². The van der Waals surface area contributed by atoms with Crippen LogP contribution in [0.15, 0.2) is 78.0 Å². The number of carbonyl (C=O) groups is 1. The van der Waals surface area contributed by atoms with Gasteiger partial charge in [-0.3, -0.25) is 9.36 Å². The van der Waals surface area contributed by atoms with Gasteiger partial charge < -0.3 is 5.32 Å². The molecule has 1 aromatic heterocycles.